The van der Waals surface area contributed by atoms with Crippen LogP contribution in [0.2, 0.25) is 5.02 Å². The van der Waals surface area contributed by atoms with Gasteiger partial charge < -0.3 is 11.1 Å². The first-order chi connectivity index (χ1) is 14.5. The molecule has 1 saturated carbocycles. The maximum Gasteiger partial charge on any atom is 0.324 e. The lowest BCUT2D eigenvalue weighted by atomic mass is 9.84. The van der Waals surface area contributed by atoms with Gasteiger partial charge in [-0.05, 0) is 67.9 Å². The molecule has 4 N–H and O–H groups in total. The van der Waals surface area contributed by atoms with Crippen LogP contribution in [0.15, 0.2) is 24.3 Å². The number of thiophene rings is 1. The summed E-state index contributed by atoms with van der Waals surface area (Å²) in [5.74, 6) is 0.316. The Bertz CT molecular complexity index is 986. The number of amides is 3. The van der Waals surface area contributed by atoms with Gasteiger partial charge in [-0.25, -0.2) is 4.79 Å². The van der Waals surface area contributed by atoms with Crippen molar-refractivity contribution in [3.8, 4) is 0 Å². The molecule has 0 spiro atoms. The van der Waals surface area contributed by atoms with Gasteiger partial charge >= 0.3 is 6.03 Å². The van der Waals surface area contributed by atoms with Crippen LogP contribution in [0.25, 0.3) is 0 Å². The summed E-state index contributed by atoms with van der Waals surface area (Å²) in [6.45, 7) is 1.11. The van der Waals surface area contributed by atoms with E-state index in [2.05, 4.69) is 15.5 Å². The highest BCUT2D eigenvalue weighted by molar-refractivity contribution is 7.17. The predicted molar refractivity (Wildman–Crippen MR) is 120 cm³/mol. The highest BCUT2D eigenvalue weighted by Gasteiger charge is 2.44. The summed E-state index contributed by atoms with van der Waals surface area (Å²) in [5, 5.41) is 6.80. The summed E-state index contributed by atoms with van der Waals surface area (Å²) in [4.78, 5) is 28.8. The van der Waals surface area contributed by atoms with Crippen molar-refractivity contribution in [2.24, 2.45) is 11.7 Å². The monoisotopic (exact) mass is 444 g/mol. The molecule has 1 aromatic carbocycles. The van der Waals surface area contributed by atoms with Crippen LogP contribution in [0.1, 0.15) is 58.9 Å². The molecule has 2 bridgehead atoms. The third-order valence-electron chi connectivity index (χ3n) is 6.69. The summed E-state index contributed by atoms with van der Waals surface area (Å²) >= 11 is 7.40. The molecule has 158 valence electrons. The smallest absolute Gasteiger partial charge is 0.324 e. The molecule has 2 aromatic rings. The quantitative estimate of drug-likeness (QED) is 0.605. The number of rotatable bonds is 5. The number of urea groups is 1. The molecule has 1 aliphatic carbocycles. The molecule has 3 aliphatic rings. The zero-order valence-corrected chi connectivity index (χ0v) is 18.2. The highest BCUT2D eigenvalue weighted by Crippen LogP contribution is 2.51. The molecule has 5 rings (SSSR count). The van der Waals surface area contributed by atoms with Crippen molar-refractivity contribution in [1.82, 2.24) is 4.90 Å². The third kappa shape index (κ3) is 3.59. The summed E-state index contributed by atoms with van der Waals surface area (Å²) in [5.41, 5.74) is 7.98. The topological polar surface area (TPSA) is 87.5 Å². The Labute approximate surface area is 184 Å². The lowest BCUT2D eigenvalue weighted by molar-refractivity contribution is 0.0987. The Morgan fingerprint density at radius 2 is 1.90 bits per heavy atom. The van der Waals surface area contributed by atoms with Crippen molar-refractivity contribution in [2.45, 2.75) is 50.6 Å². The number of benzene rings is 1. The van der Waals surface area contributed by atoms with E-state index in [0.29, 0.717) is 27.3 Å². The van der Waals surface area contributed by atoms with Crippen molar-refractivity contribution in [1.29, 1.82) is 0 Å². The average Bonchev–Trinajstić information content (AvgIpc) is 3.16. The SMILES string of the molecule is NC(=O)c1c(NC(=O)Nc2ccc(Cl)cc2)sc2c1C1CCC(C2)N1CC1CCC1. The predicted octanol–water partition coefficient (Wildman–Crippen LogP) is 5.01. The summed E-state index contributed by atoms with van der Waals surface area (Å²) in [7, 11) is 0. The van der Waals surface area contributed by atoms with Crippen molar-refractivity contribution < 1.29 is 9.59 Å². The van der Waals surface area contributed by atoms with E-state index in [9.17, 15) is 9.59 Å². The molecule has 1 aromatic heterocycles. The minimum atomic E-state index is -0.469. The lowest BCUT2D eigenvalue weighted by Crippen LogP contribution is -2.41. The van der Waals surface area contributed by atoms with Crippen molar-refractivity contribution in [2.75, 3.05) is 17.2 Å². The number of hydrogen-bond acceptors (Lipinski definition) is 4. The third-order valence-corrected chi connectivity index (χ3v) is 8.08. The van der Waals surface area contributed by atoms with Gasteiger partial charge in [0.05, 0.1) is 5.56 Å². The molecule has 0 radical (unpaired) electrons. The maximum atomic E-state index is 12.6. The number of nitrogens with one attached hydrogen (secondary N) is 2. The Balaban J connectivity index is 1.39. The van der Waals surface area contributed by atoms with E-state index in [0.717, 1.165) is 37.3 Å². The van der Waals surface area contributed by atoms with Crippen LogP contribution in [-0.2, 0) is 6.42 Å². The fourth-order valence-electron chi connectivity index (χ4n) is 5.06. The molecule has 2 aliphatic heterocycles. The molecule has 3 amide bonds. The zero-order valence-electron chi connectivity index (χ0n) is 16.6. The number of primary amides is 1. The van der Waals surface area contributed by atoms with Crippen molar-refractivity contribution >= 4 is 45.6 Å². The van der Waals surface area contributed by atoms with E-state index < -0.39 is 11.9 Å². The lowest BCUT2D eigenvalue weighted by Gasteiger charge is -2.39. The highest BCUT2D eigenvalue weighted by atomic mass is 35.5. The normalized spacial score (nSPS) is 23.0. The van der Waals surface area contributed by atoms with Gasteiger partial charge in [0.25, 0.3) is 5.91 Å². The number of carbonyl (C=O) groups excluding carboxylic acids is 2. The molecule has 8 heteroatoms. The second kappa shape index (κ2) is 7.87. The molecule has 1 saturated heterocycles. The van der Waals surface area contributed by atoms with Crippen molar-refractivity contribution in [3.63, 3.8) is 0 Å². The summed E-state index contributed by atoms with van der Waals surface area (Å²) < 4.78 is 0. The fraction of sp³-hybridized carbons (Fsp3) is 0.455. The first-order valence-electron chi connectivity index (χ1n) is 10.5. The van der Waals surface area contributed by atoms with Crippen LogP contribution < -0.4 is 16.4 Å². The van der Waals surface area contributed by atoms with Crippen LogP contribution in [0.3, 0.4) is 0 Å². The van der Waals surface area contributed by atoms with Crippen LogP contribution in [0.4, 0.5) is 15.5 Å². The summed E-state index contributed by atoms with van der Waals surface area (Å²) in [6.07, 6.45) is 7.11. The number of nitrogens with two attached hydrogens (primary N) is 1. The number of hydrogen-bond donors (Lipinski definition) is 3. The molecular formula is C22H25ClN4O2S. The first kappa shape index (κ1) is 19.8. The van der Waals surface area contributed by atoms with Crippen molar-refractivity contribution in [3.05, 3.63) is 45.3 Å². The molecule has 6 nitrogen and oxygen atoms in total. The van der Waals surface area contributed by atoms with E-state index in [-0.39, 0.29) is 6.04 Å². The second-order valence-electron chi connectivity index (χ2n) is 8.54. The number of fused-ring (bicyclic) bond motifs is 4. The van der Waals surface area contributed by atoms with Gasteiger partial charge in [-0.15, -0.1) is 11.3 Å². The van der Waals surface area contributed by atoms with Gasteiger partial charge in [-0.2, -0.15) is 0 Å². The van der Waals surface area contributed by atoms with Gasteiger partial charge in [0.1, 0.15) is 5.00 Å². The van der Waals surface area contributed by atoms with E-state index in [1.165, 1.54) is 35.5 Å². The largest absolute Gasteiger partial charge is 0.365 e. The van der Waals surface area contributed by atoms with Gasteiger partial charge in [-0.3, -0.25) is 15.0 Å². The second-order valence-corrected chi connectivity index (χ2v) is 10.1. The first-order valence-corrected chi connectivity index (χ1v) is 11.7. The van der Waals surface area contributed by atoms with E-state index in [1.807, 2.05) is 0 Å². The maximum absolute atomic E-state index is 12.6. The molecule has 30 heavy (non-hydrogen) atoms. The molecular weight excluding hydrogens is 420 g/mol. The van der Waals surface area contributed by atoms with Gasteiger partial charge in [0, 0.05) is 34.2 Å². The van der Waals surface area contributed by atoms with E-state index in [1.54, 1.807) is 24.3 Å². The Kier molecular flexibility index (Phi) is 5.21. The van der Waals surface area contributed by atoms with E-state index in [4.69, 9.17) is 17.3 Å². The average molecular weight is 445 g/mol. The fourth-order valence-corrected chi connectivity index (χ4v) is 6.51. The molecule has 2 fully saturated rings. The minimum absolute atomic E-state index is 0.243. The molecule has 2 unspecified atom stereocenters. The Hall–Kier alpha value is -2.09. The summed E-state index contributed by atoms with van der Waals surface area (Å²) in [6, 6.07) is 7.27. The Morgan fingerprint density at radius 3 is 2.57 bits per heavy atom. The van der Waals surface area contributed by atoms with E-state index >= 15 is 0 Å². The molecule has 3 heterocycles. The van der Waals surface area contributed by atoms with Crippen LogP contribution >= 0.6 is 22.9 Å². The van der Waals surface area contributed by atoms with Gasteiger partial charge in [0.2, 0.25) is 0 Å². The number of nitrogens with zero attached hydrogens (tertiary/aromatic N) is 1. The van der Waals surface area contributed by atoms with Crippen LogP contribution in [-0.4, -0.2) is 29.4 Å². The molecule has 2 atom stereocenters. The van der Waals surface area contributed by atoms with Crippen LogP contribution in [0.5, 0.6) is 0 Å². The standard InChI is InChI=1S/C22H25ClN4O2S/c23-13-4-6-14(7-5-13)25-22(29)26-21-19(20(24)28)18-16-9-8-15(10-17(18)30-21)27(16)11-12-2-1-3-12/h4-7,12,15-16H,1-3,8-11H2,(H2,24,28)(H2,25,26,29). The minimum Gasteiger partial charge on any atom is -0.365 e. The Morgan fingerprint density at radius 1 is 1.13 bits per heavy atom. The number of anilines is 2. The zero-order chi connectivity index (χ0) is 20.8. The number of carbonyl (C=O) groups is 2. The van der Waals surface area contributed by atoms with Crippen LogP contribution in [0, 0.1) is 5.92 Å². The van der Waals surface area contributed by atoms with Gasteiger partial charge in [-0.1, -0.05) is 18.0 Å². The van der Waals surface area contributed by atoms with Gasteiger partial charge in [0.15, 0.2) is 0 Å². The number of halogens is 1.